The van der Waals surface area contributed by atoms with E-state index in [1.165, 1.54) is 16.7 Å². The van der Waals surface area contributed by atoms with Gasteiger partial charge < -0.3 is 10.0 Å². The Morgan fingerprint density at radius 2 is 1.95 bits per heavy atom. The van der Waals surface area contributed by atoms with E-state index in [0.29, 0.717) is 11.4 Å². The molecule has 114 valence electrons. The molecule has 5 nitrogen and oxygen atoms in total. The molecule has 0 saturated carbocycles. The van der Waals surface area contributed by atoms with Crippen LogP contribution in [-0.2, 0) is 13.0 Å². The second-order valence-electron chi connectivity index (χ2n) is 5.82. The van der Waals surface area contributed by atoms with E-state index in [2.05, 4.69) is 40.0 Å². The van der Waals surface area contributed by atoms with Crippen molar-refractivity contribution in [3.8, 4) is 0 Å². The molecule has 0 radical (unpaired) electrons. The van der Waals surface area contributed by atoms with Gasteiger partial charge in [0.05, 0.1) is 0 Å². The fourth-order valence-electron chi connectivity index (χ4n) is 3.00. The Labute approximate surface area is 129 Å². The molecule has 1 aliphatic heterocycles. The lowest BCUT2D eigenvalue weighted by Gasteiger charge is -2.31. The highest BCUT2D eigenvalue weighted by molar-refractivity contribution is 5.88. The van der Waals surface area contributed by atoms with E-state index in [4.69, 9.17) is 0 Å². The van der Waals surface area contributed by atoms with Crippen LogP contribution in [0.2, 0.25) is 0 Å². The molecule has 1 N–H and O–H groups in total. The van der Waals surface area contributed by atoms with Crippen LogP contribution >= 0.6 is 0 Å². The van der Waals surface area contributed by atoms with Crippen molar-refractivity contribution in [3.63, 3.8) is 0 Å². The van der Waals surface area contributed by atoms with Crippen LogP contribution < -0.4 is 4.90 Å². The van der Waals surface area contributed by atoms with Gasteiger partial charge in [-0.2, -0.15) is 0 Å². The summed E-state index contributed by atoms with van der Waals surface area (Å²) in [6, 6.07) is 6.52. The number of aromatic nitrogens is 2. The molecule has 0 unspecified atom stereocenters. The van der Waals surface area contributed by atoms with Gasteiger partial charge in [-0.1, -0.05) is 23.8 Å². The summed E-state index contributed by atoms with van der Waals surface area (Å²) in [4.78, 5) is 22.0. The highest BCUT2D eigenvalue weighted by Gasteiger charge is 2.23. The third-order valence-electron chi connectivity index (χ3n) is 4.11. The predicted octanol–water partition coefficient (Wildman–Crippen LogP) is 2.66. The lowest BCUT2D eigenvalue weighted by molar-refractivity contribution is 0.0689. The smallest absolute Gasteiger partial charge is 0.354 e. The Morgan fingerprint density at radius 1 is 1.18 bits per heavy atom. The molecule has 0 bridgehead atoms. The minimum absolute atomic E-state index is 0.0949. The zero-order valence-corrected chi connectivity index (χ0v) is 13.1. The predicted molar refractivity (Wildman–Crippen MR) is 84.4 cm³/mol. The van der Waals surface area contributed by atoms with Crippen LogP contribution in [0.25, 0.3) is 0 Å². The van der Waals surface area contributed by atoms with Gasteiger partial charge in [0.15, 0.2) is 5.69 Å². The number of aromatic carboxylic acids is 1. The van der Waals surface area contributed by atoms with Gasteiger partial charge in [-0.3, -0.25) is 0 Å². The van der Waals surface area contributed by atoms with Gasteiger partial charge in [0, 0.05) is 18.7 Å². The lowest BCUT2D eigenvalue weighted by Crippen LogP contribution is -2.32. The maximum absolute atomic E-state index is 11.3. The first-order valence-corrected chi connectivity index (χ1v) is 7.37. The second-order valence-corrected chi connectivity index (χ2v) is 5.82. The molecular formula is C17H19N3O2. The molecule has 2 aromatic rings. The van der Waals surface area contributed by atoms with Gasteiger partial charge in [-0.05, 0) is 38.3 Å². The number of hydrogen-bond donors (Lipinski definition) is 1. The lowest BCUT2D eigenvalue weighted by atomic mass is 9.97. The Hall–Kier alpha value is -2.43. The summed E-state index contributed by atoms with van der Waals surface area (Å²) in [7, 11) is 0. The molecule has 1 aromatic carbocycles. The summed E-state index contributed by atoms with van der Waals surface area (Å²) in [6.07, 6.45) is 0.945. The van der Waals surface area contributed by atoms with Crippen LogP contribution in [0.15, 0.2) is 18.2 Å². The number of rotatable bonds is 2. The topological polar surface area (TPSA) is 66.3 Å². The molecule has 2 heterocycles. The minimum Gasteiger partial charge on any atom is -0.476 e. The Kier molecular flexibility index (Phi) is 3.56. The van der Waals surface area contributed by atoms with Crippen molar-refractivity contribution < 1.29 is 9.90 Å². The summed E-state index contributed by atoms with van der Waals surface area (Å²) in [5, 5.41) is 9.30. The molecular weight excluding hydrogens is 278 g/mol. The second kappa shape index (κ2) is 5.40. The monoisotopic (exact) mass is 297 g/mol. The SMILES string of the molecule is Cc1ccc2c(c1)CN(c1nc(C)nc(C(=O)O)c1C)CC2. The van der Waals surface area contributed by atoms with Crippen molar-refractivity contribution in [2.24, 2.45) is 0 Å². The van der Waals surface area contributed by atoms with Gasteiger partial charge in [-0.25, -0.2) is 14.8 Å². The van der Waals surface area contributed by atoms with Crippen LogP contribution in [0.4, 0.5) is 5.82 Å². The standard InChI is InChI=1S/C17H19N3O2/c1-10-4-5-13-6-7-20(9-14(13)8-10)16-11(2)15(17(21)22)18-12(3)19-16/h4-5,8H,6-7,9H2,1-3H3,(H,21,22). The van der Waals surface area contributed by atoms with Crippen molar-refractivity contribution in [2.45, 2.75) is 33.7 Å². The maximum Gasteiger partial charge on any atom is 0.354 e. The van der Waals surface area contributed by atoms with E-state index >= 15 is 0 Å². The minimum atomic E-state index is -1.00. The van der Waals surface area contributed by atoms with Crippen LogP contribution in [-0.4, -0.2) is 27.6 Å². The molecule has 3 rings (SSSR count). The average molecular weight is 297 g/mol. The van der Waals surface area contributed by atoms with Crippen molar-refractivity contribution in [1.82, 2.24) is 9.97 Å². The number of aryl methyl sites for hydroxylation is 2. The molecule has 0 amide bonds. The van der Waals surface area contributed by atoms with Crippen molar-refractivity contribution >= 4 is 11.8 Å². The van der Waals surface area contributed by atoms with E-state index in [0.717, 1.165) is 25.3 Å². The summed E-state index contributed by atoms with van der Waals surface area (Å²) in [5.41, 5.74) is 4.62. The number of carbonyl (C=O) groups is 1. The van der Waals surface area contributed by atoms with Gasteiger partial charge >= 0.3 is 5.97 Å². The molecule has 0 atom stereocenters. The number of anilines is 1. The molecule has 0 fully saturated rings. The highest BCUT2D eigenvalue weighted by atomic mass is 16.4. The van der Waals surface area contributed by atoms with Crippen LogP contribution in [0, 0.1) is 20.8 Å². The van der Waals surface area contributed by atoms with Gasteiger partial charge in [-0.15, -0.1) is 0 Å². The summed E-state index contributed by atoms with van der Waals surface area (Å²) < 4.78 is 0. The molecule has 1 aromatic heterocycles. The Bertz CT molecular complexity index is 756. The number of benzene rings is 1. The van der Waals surface area contributed by atoms with Crippen molar-refractivity contribution in [2.75, 3.05) is 11.4 Å². The number of carboxylic acids is 1. The van der Waals surface area contributed by atoms with Crippen LogP contribution in [0.5, 0.6) is 0 Å². The quantitative estimate of drug-likeness (QED) is 0.923. The summed E-state index contributed by atoms with van der Waals surface area (Å²) in [6.45, 7) is 7.20. The first kappa shape index (κ1) is 14.5. The Balaban J connectivity index is 2.01. The Morgan fingerprint density at radius 3 is 2.68 bits per heavy atom. The summed E-state index contributed by atoms with van der Waals surface area (Å²) >= 11 is 0. The van der Waals surface area contributed by atoms with E-state index in [-0.39, 0.29) is 5.69 Å². The average Bonchev–Trinajstić information content (AvgIpc) is 2.48. The van der Waals surface area contributed by atoms with Crippen LogP contribution in [0.1, 0.15) is 38.6 Å². The molecule has 22 heavy (non-hydrogen) atoms. The normalized spacial score (nSPS) is 13.9. The molecule has 5 heteroatoms. The van der Waals surface area contributed by atoms with E-state index < -0.39 is 5.97 Å². The zero-order valence-electron chi connectivity index (χ0n) is 13.1. The van der Waals surface area contributed by atoms with Gasteiger partial charge in [0.25, 0.3) is 0 Å². The fourth-order valence-corrected chi connectivity index (χ4v) is 3.00. The largest absolute Gasteiger partial charge is 0.476 e. The zero-order chi connectivity index (χ0) is 15.9. The van der Waals surface area contributed by atoms with E-state index in [1.807, 2.05) is 0 Å². The molecule has 0 aliphatic carbocycles. The number of hydrogen-bond acceptors (Lipinski definition) is 4. The van der Waals surface area contributed by atoms with E-state index in [1.54, 1.807) is 13.8 Å². The number of nitrogens with zero attached hydrogens (tertiary/aromatic N) is 3. The molecule has 0 saturated heterocycles. The fraction of sp³-hybridized carbons (Fsp3) is 0.353. The van der Waals surface area contributed by atoms with Gasteiger partial charge in [0.2, 0.25) is 0 Å². The van der Waals surface area contributed by atoms with E-state index in [9.17, 15) is 9.90 Å². The maximum atomic E-state index is 11.3. The molecule has 0 spiro atoms. The third kappa shape index (κ3) is 2.54. The summed E-state index contributed by atoms with van der Waals surface area (Å²) in [5.74, 6) is 0.225. The van der Waals surface area contributed by atoms with Gasteiger partial charge in [0.1, 0.15) is 11.6 Å². The van der Waals surface area contributed by atoms with Crippen molar-refractivity contribution in [1.29, 1.82) is 0 Å². The number of carboxylic acid groups (broad SMARTS) is 1. The highest BCUT2D eigenvalue weighted by Crippen LogP contribution is 2.27. The number of fused-ring (bicyclic) bond motifs is 1. The third-order valence-corrected chi connectivity index (χ3v) is 4.11. The molecule has 1 aliphatic rings. The first-order chi connectivity index (χ1) is 10.5. The van der Waals surface area contributed by atoms with Crippen LogP contribution in [0.3, 0.4) is 0 Å². The first-order valence-electron chi connectivity index (χ1n) is 7.37. The van der Waals surface area contributed by atoms with Crippen molar-refractivity contribution in [3.05, 3.63) is 52.0 Å².